The van der Waals surface area contributed by atoms with Crippen molar-refractivity contribution in [1.29, 1.82) is 0 Å². The average molecular weight is 352 g/mol. The summed E-state index contributed by atoms with van der Waals surface area (Å²) in [4.78, 5) is 1.35. The highest BCUT2D eigenvalue weighted by Gasteiger charge is 2.29. The molecule has 0 saturated carbocycles. The van der Waals surface area contributed by atoms with Crippen molar-refractivity contribution < 1.29 is 4.74 Å². The van der Waals surface area contributed by atoms with Crippen LogP contribution >= 0.6 is 27.3 Å². The Balaban J connectivity index is 1.59. The maximum atomic E-state index is 5.90. The summed E-state index contributed by atoms with van der Waals surface area (Å²) in [6.45, 7) is 6.08. The number of rotatable bonds is 4. The number of benzene rings is 1. The fourth-order valence-electron chi connectivity index (χ4n) is 2.55. The van der Waals surface area contributed by atoms with Crippen LogP contribution in [0.1, 0.15) is 29.9 Å². The maximum Gasteiger partial charge on any atom is 0.123 e. The van der Waals surface area contributed by atoms with Crippen LogP contribution in [0.2, 0.25) is 0 Å². The summed E-state index contributed by atoms with van der Waals surface area (Å²) in [7, 11) is 0. The van der Waals surface area contributed by atoms with Gasteiger partial charge in [0, 0.05) is 24.4 Å². The first-order valence-corrected chi connectivity index (χ1v) is 8.39. The van der Waals surface area contributed by atoms with E-state index in [9.17, 15) is 0 Å². The van der Waals surface area contributed by atoms with Gasteiger partial charge in [0.15, 0.2) is 0 Å². The predicted octanol–water partition coefficient (Wildman–Crippen LogP) is 4.51. The lowest BCUT2D eigenvalue weighted by Gasteiger charge is -2.16. The zero-order chi connectivity index (χ0) is 14.2. The third-order valence-corrected chi connectivity index (χ3v) is 5.01. The summed E-state index contributed by atoms with van der Waals surface area (Å²) in [6, 6.07) is 10.8. The number of hydrogen-bond acceptors (Lipinski definition) is 3. The standard InChI is InChI=1S/C16H18BrNOS/c1-16(2)8-12-7-11(3-5-14(12)19-16)9-18-10-13-4-6-15(17)20-13/h3-7,18H,8-10H2,1-2H3. The lowest BCUT2D eigenvalue weighted by Crippen LogP contribution is -2.24. The molecule has 3 rings (SSSR count). The van der Waals surface area contributed by atoms with Crippen LogP contribution in [0.5, 0.6) is 5.75 Å². The SMILES string of the molecule is CC1(C)Cc2cc(CNCc3ccc(Br)s3)ccc2O1. The molecule has 2 nitrogen and oxygen atoms in total. The van der Waals surface area contributed by atoms with E-state index < -0.39 is 0 Å². The minimum absolute atomic E-state index is 0.0579. The van der Waals surface area contributed by atoms with E-state index in [4.69, 9.17) is 4.74 Å². The molecule has 0 amide bonds. The zero-order valence-corrected chi connectivity index (χ0v) is 14.1. The fraction of sp³-hybridized carbons (Fsp3) is 0.375. The van der Waals surface area contributed by atoms with Crippen molar-refractivity contribution in [2.75, 3.05) is 0 Å². The zero-order valence-electron chi connectivity index (χ0n) is 11.7. The van der Waals surface area contributed by atoms with Gasteiger partial charge in [-0.1, -0.05) is 12.1 Å². The summed E-state index contributed by atoms with van der Waals surface area (Å²) < 4.78 is 7.09. The van der Waals surface area contributed by atoms with E-state index in [-0.39, 0.29) is 5.60 Å². The second kappa shape index (κ2) is 5.51. The molecule has 0 unspecified atom stereocenters. The van der Waals surface area contributed by atoms with E-state index in [0.29, 0.717) is 0 Å². The van der Waals surface area contributed by atoms with E-state index in [0.717, 1.165) is 25.3 Å². The smallest absolute Gasteiger partial charge is 0.123 e. The molecule has 1 aromatic carbocycles. The van der Waals surface area contributed by atoms with Gasteiger partial charge in [0.1, 0.15) is 11.4 Å². The molecule has 0 saturated heterocycles. The molecule has 1 aliphatic rings. The van der Waals surface area contributed by atoms with E-state index in [1.54, 1.807) is 11.3 Å². The number of thiophene rings is 1. The van der Waals surface area contributed by atoms with Crippen LogP contribution in [0.3, 0.4) is 0 Å². The monoisotopic (exact) mass is 351 g/mol. The fourth-order valence-corrected chi connectivity index (χ4v) is 4.00. The molecule has 2 aromatic rings. The molecule has 0 atom stereocenters. The van der Waals surface area contributed by atoms with Gasteiger partial charge in [-0.15, -0.1) is 11.3 Å². The number of fused-ring (bicyclic) bond motifs is 1. The molecule has 106 valence electrons. The Hall–Kier alpha value is -0.840. The number of halogens is 1. The Bertz CT molecular complexity index is 621. The molecule has 0 bridgehead atoms. The van der Waals surface area contributed by atoms with Gasteiger partial charge in [-0.3, -0.25) is 0 Å². The first-order chi connectivity index (χ1) is 9.52. The van der Waals surface area contributed by atoms with Crippen molar-refractivity contribution in [3.05, 3.63) is 50.1 Å². The normalized spacial score (nSPS) is 15.9. The van der Waals surface area contributed by atoms with Gasteiger partial charge in [0.25, 0.3) is 0 Å². The lowest BCUT2D eigenvalue weighted by molar-refractivity contribution is 0.138. The molecule has 20 heavy (non-hydrogen) atoms. The van der Waals surface area contributed by atoms with Crippen molar-refractivity contribution in [2.45, 2.75) is 39.0 Å². The maximum absolute atomic E-state index is 5.90. The molecular weight excluding hydrogens is 334 g/mol. The van der Waals surface area contributed by atoms with Crippen LogP contribution in [-0.2, 0) is 19.5 Å². The Morgan fingerprint density at radius 3 is 2.85 bits per heavy atom. The van der Waals surface area contributed by atoms with Crippen molar-refractivity contribution >= 4 is 27.3 Å². The van der Waals surface area contributed by atoms with E-state index in [1.807, 2.05) is 0 Å². The van der Waals surface area contributed by atoms with E-state index in [1.165, 1.54) is 19.8 Å². The van der Waals surface area contributed by atoms with Crippen LogP contribution in [0.4, 0.5) is 0 Å². The molecule has 0 fully saturated rings. The molecule has 0 aliphatic carbocycles. The Morgan fingerprint density at radius 2 is 2.10 bits per heavy atom. The van der Waals surface area contributed by atoms with E-state index in [2.05, 4.69) is 65.4 Å². The Kier molecular flexibility index (Phi) is 3.89. The van der Waals surface area contributed by atoms with Gasteiger partial charge in [0.05, 0.1) is 3.79 Å². The van der Waals surface area contributed by atoms with Gasteiger partial charge in [-0.2, -0.15) is 0 Å². The molecular formula is C16H18BrNOS. The summed E-state index contributed by atoms with van der Waals surface area (Å²) in [5.41, 5.74) is 2.59. The van der Waals surface area contributed by atoms with Gasteiger partial charge >= 0.3 is 0 Å². The van der Waals surface area contributed by atoms with Crippen LogP contribution in [0, 0.1) is 0 Å². The van der Waals surface area contributed by atoms with Crippen LogP contribution in [-0.4, -0.2) is 5.60 Å². The summed E-state index contributed by atoms with van der Waals surface area (Å²) in [6.07, 6.45) is 0.994. The Morgan fingerprint density at radius 1 is 1.25 bits per heavy atom. The van der Waals surface area contributed by atoms with Gasteiger partial charge in [-0.25, -0.2) is 0 Å². The van der Waals surface area contributed by atoms with Gasteiger partial charge < -0.3 is 10.1 Å². The third-order valence-electron chi connectivity index (χ3n) is 3.38. The topological polar surface area (TPSA) is 21.3 Å². The minimum atomic E-state index is -0.0579. The predicted molar refractivity (Wildman–Crippen MR) is 87.4 cm³/mol. The summed E-state index contributed by atoms with van der Waals surface area (Å²) in [5.74, 6) is 1.04. The molecule has 4 heteroatoms. The highest BCUT2D eigenvalue weighted by Crippen LogP contribution is 2.35. The van der Waals surface area contributed by atoms with Crippen LogP contribution in [0.15, 0.2) is 34.1 Å². The second-order valence-corrected chi connectivity index (χ2v) is 8.34. The lowest BCUT2D eigenvalue weighted by atomic mass is 10.0. The Labute approximate surface area is 132 Å². The molecule has 1 aliphatic heterocycles. The number of hydrogen-bond donors (Lipinski definition) is 1. The number of nitrogens with one attached hydrogen (secondary N) is 1. The first kappa shape index (κ1) is 14.1. The second-order valence-electron chi connectivity index (χ2n) is 5.79. The highest BCUT2D eigenvalue weighted by atomic mass is 79.9. The molecule has 2 heterocycles. The van der Waals surface area contributed by atoms with Gasteiger partial charge in [0.2, 0.25) is 0 Å². The number of ether oxygens (including phenoxy) is 1. The quantitative estimate of drug-likeness (QED) is 0.874. The molecule has 0 spiro atoms. The van der Waals surface area contributed by atoms with Crippen molar-refractivity contribution in [2.24, 2.45) is 0 Å². The van der Waals surface area contributed by atoms with Crippen LogP contribution < -0.4 is 10.1 Å². The molecule has 1 N–H and O–H groups in total. The largest absolute Gasteiger partial charge is 0.487 e. The van der Waals surface area contributed by atoms with Crippen molar-refractivity contribution in [3.8, 4) is 5.75 Å². The summed E-state index contributed by atoms with van der Waals surface area (Å²) in [5, 5.41) is 3.49. The average Bonchev–Trinajstić information content (AvgIpc) is 2.90. The van der Waals surface area contributed by atoms with Crippen molar-refractivity contribution in [1.82, 2.24) is 5.32 Å². The van der Waals surface area contributed by atoms with Crippen molar-refractivity contribution in [3.63, 3.8) is 0 Å². The minimum Gasteiger partial charge on any atom is -0.487 e. The van der Waals surface area contributed by atoms with Crippen LogP contribution in [0.25, 0.3) is 0 Å². The molecule has 1 aromatic heterocycles. The van der Waals surface area contributed by atoms with Gasteiger partial charge in [-0.05, 0) is 59.1 Å². The highest BCUT2D eigenvalue weighted by molar-refractivity contribution is 9.11. The summed E-state index contributed by atoms with van der Waals surface area (Å²) >= 11 is 5.27. The van der Waals surface area contributed by atoms with E-state index >= 15 is 0 Å². The third kappa shape index (κ3) is 3.25. The molecule has 0 radical (unpaired) electrons. The first-order valence-electron chi connectivity index (χ1n) is 6.78.